The molecule has 0 aliphatic carbocycles. The van der Waals surface area contributed by atoms with E-state index in [1.54, 1.807) is 14.2 Å². The van der Waals surface area contributed by atoms with E-state index in [-0.39, 0.29) is 0 Å². The van der Waals surface area contributed by atoms with E-state index in [1.807, 2.05) is 12.1 Å². The van der Waals surface area contributed by atoms with Crippen molar-refractivity contribution in [3.8, 4) is 11.5 Å². The second kappa shape index (κ2) is 7.66. The molecule has 1 aromatic rings. The third-order valence-electron chi connectivity index (χ3n) is 4.66. The molecule has 4 nitrogen and oxygen atoms in total. The maximum Gasteiger partial charge on any atom is 0.123 e. The molecule has 1 atom stereocenters. The summed E-state index contributed by atoms with van der Waals surface area (Å²) in [5.41, 5.74) is 6.87. The van der Waals surface area contributed by atoms with Crippen LogP contribution in [0.25, 0.3) is 0 Å². The van der Waals surface area contributed by atoms with E-state index in [4.69, 9.17) is 15.2 Å². The van der Waals surface area contributed by atoms with Crippen molar-refractivity contribution >= 4 is 0 Å². The van der Waals surface area contributed by atoms with Crippen LogP contribution in [-0.4, -0.2) is 38.8 Å². The van der Waals surface area contributed by atoms with Crippen LogP contribution in [-0.2, 0) is 0 Å². The highest BCUT2D eigenvalue weighted by atomic mass is 16.5. The number of likely N-dealkylation sites (tertiary alicyclic amines) is 1. The Morgan fingerprint density at radius 3 is 2.52 bits per heavy atom. The van der Waals surface area contributed by atoms with Crippen LogP contribution in [0.4, 0.5) is 0 Å². The van der Waals surface area contributed by atoms with Crippen molar-refractivity contribution in [2.24, 2.45) is 11.7 Å². The molecule has 0 bridgehead atoms. The maximum absolute atomic E-state index is 5.67. The number of benzene rings is 1. The van der Waals surface area contributed by atoms with Crippen LogP contribution < -0.4 is 15.2 Å². The quantitative estimate of drug-likeness (QED) is 0.876. The molecule has 0 saturated carbocycles. The Hall–Kier alpha value is -1.26. The molecule has 1 heterocycles. The monoisotopic (exact) mass is 292 g/mol. The minimum absolute atomic E-state index is 0.342. The van der Waals surface area contributed by atoms with Gasteiger partial charge in [-0.15, -0.1) is 0 Å². The minimum atomic E-state index is 0.342. The molecule has 118 valence electrons. The van der Waals surface area contributed by atoms with Gasteiger partial charge in [-0.1, -0.05) is 0 Å². The smallest absolute Gasteiger partial charge is 0.123 e. The first-order valence-corrected chi connectivity index (χ1v) is 7.85. The number of hydrogen-bond donors (Lipinski definition) is 1. The lowest BCUT2D eigenvalue weighted by atomic mass is 9.92. The van der Waals surface area contributed by atoms with Gasteiger partial charge in [0.05, 0.1) is 14.2 Å². The predicted molar refractivity (Wildman–Crippen MR) is 85.9 cm³/mol. The topological polar surface area (TPSA) is 47.7 Å². The highest BCUT2D eigenvalue weighted by Crippen LogP contribution is 2.34. The maximum atomic E-state index is 5.67. The van der Waals surface area contributed by atoms with E-state index in [0.717, 1.165) is 43.5 Å². The molecular formula is C17H28N2O2. The second-order valence-electron chi connectivity index (χ2n) is 5.84. The minimum Gasteiger partial charge on any atom is -0.497 e. The van der Waals surface area contributed by atoms with Gasteiger partial charge < -0.3 is 15.2 Å². The van der Waals surface area contributed by atoms with Gasteiger partial charge in [-0.3, -0.25) is 4.90 Å². The first-order valence-electron chi connectivity index (χ1n) is 7.85. The molecule has 0 radical (unpaired) electrons. The average molecular weight is 292 g/mol. The van der Waals surface area contributed by atoms with E-state index in [2.05, 4.69) is 17.9 Å². The molecule has 1 saturated heterocycles. The van der Waals surface area contributed by atoms with Crippen molar-refractivity contribution in [2.75, 3.05) is 33.9 Å². The third-order valence-corrected chi connectivity index (χ3v) is 4.66. The second-order valence-corrected chi connectivity index (χ2v) is 5.84. The Bertz CT molecular complexity index is 442. The largest absolute Gasteiger partial charge is 0.497 e. The van der Waals surface area contributed by atoms with E-state index in [1.165, 1.54) is 18.4 Å². The summed E-state index contributed by atoms with van der Waals surface area (Å²) in [4.78, 5) is 2.53. The van der Waals surface area contributed by atoms with Crippen LogP contribution >= 0.6 is 0 Å². The fourth-order valence-electron chi connectivity index (χ4n) is 3.23. The molecule has 1 aliphatic rings. The van der Waals surface area contributed by atoms with Crippen molar-refractivity contribution < 1.29 is 9.47 Å². The summed E-state index contributed by atoms with van der Waals surface area (Å²) in [6.07, 6.45) is 3.65. The van der Waals surface area contributed by atoms with Gasteiger partial charge in [-0.25, -0.2) is 0 Å². The Morgan fingerprint density at radius 2 is 1.95 bits per heavy atom. The molecule has 4 heteroatoms. The van der Waals surface area contributed by atoms with Crippen LogP contribution in [0.2, 0.25) is 0 Å². The molecule has 0 spiro atoms. The molecule has 2 rings (SSSR count). The zero-order chi connectivity index (χ0) is 15.2. The van der Waals surface area contributed by atoms with Gasteiger partial charge in [-0.05, 0) is 69.9 Å². The number of methoxy groups -OCH3 is 2. The lowest BCUT2D eigenvalue weighted by Gasteiger charge is -2.36. The van der Waals surface area contributed by atoms with Crippen LogP contribution in [0, 0.1) is 5.92 Å². The highest BCUT2D eigenvalue weighted by molar-refractivity contribution is 5.42. The SMILES string of the molecule is COc1ccc(OC)c(C(C)N2CCC(CCN)CC2)c1. The number of ether oxygens (including phenoxy) is 2. The van der Waals surface area contributed by atoms with Gasteiger partial charge in [0, 0.05) is 11.6 Å². The molecule has 1 aliphatic heterocycles. The fourth-order valence-corrected chi connectivity index (χ4v) is 3.23. The number of nitrogens with zero attached hydrogens (tertiary/aromatic N) is 1. The molecule has 0 aromatic heterocycles. The summed E-state index contributed by atoms with van der Waals surface area (Å²) in [7, 11) is 3.43. The summed E-state index contributed by atoms with van der Waals surface area (Å²) in [6, 6.07) is 6.37. The lowest BCUT2D eigenvalue weighted by molar-refractivity contribution is 0.136. The zero-order valence-electron chi connectivity index (χ0n) is 13.5. The van der Waals surface area contributed by atoms with Gasteiger partial charge in [0.25, 0.3) is 0 Å². The number of rotatable bonds is 6. The standard InChI is InChI=1S/C17H28N2O2/c1-13(19-10-7-14(6-9-18)8-11-19)16-12-15(20-2)4-5-17(16)21-3/h4-5,12-14H,6-11,18H2,1-3H3. The predicted octanol–water partition coefficient (Wildman–Crippen LogP) is 2.83. The molecule has 1 aromatic carbocycles. The van der Waals surface area contributed by atoms with Gasteiger partial charge >= 0.3 is 0 Å². The number of piperidine rings is 1. The molecule has 21 heavy (non-hydrogen) atoms. The normalized spacial score (nSPS) is 18.5. The zero-order valence-corrected chi connectivity index (χ0v) is 13.5. The van der Waals surface area contributed by atoms with Gasteiger partial charge in [0.15, 0.2) is 0 Å². The van der Waals surface area contributed by atoms with Gasteiger partial charge in [-0.2, -0.15) is 0 Å². The van der Waals surface area contributed by atoms with Crippen LogP contribution in [0.15, 0.2) is 18.2 Å². The van der Waals surface area contributed by atoms with Crippen molar-refractivity contribution in [1.82, 2.24) is 4.90 Å². The molecular weight excluding hydrogens is 264 g/mol. The van der Waals surface area contributed by atoms with E-state index in [0.29, 0.717) is 6.04 Å². The van der Waals surface area contributed by atoms with Crippen LogP contribution in [0.3, 0.4) is 0 Å². The summed E-state index contributed by atoms with van der Waals surface area (Å²) < 4.78 is 10.9. The van der Waals surface area contributed by atoms with Gasteiger partial charge in [0.2, 0.25) is 0 Å². The number of hydrogen-bond acceptors (Lipinski definition) is 4. The molecule has 1 fully saturated rings. The molecule has 1 unspecified atom stereocenters. The van der Waals surface area contributed by atoms with E-state index >= 15 is 0 Å². The molecule has 2 N–H and O–H groups in total. The summed E-state index contributed by atoms with van der Waals surface area (Å²) in [6.45, 7) is 5.32. The lowest BCUT2D eigenvalue weighted by Crippen LogP contribution is -2.36. The Morgan fingerprint density at radius 1 is 1.24 bits per heavy atom. The highest BCUT2D eigenvalue weighted by Gasteiger charge is 2.25. The Labute approximate surface area is 128 Å². The van der Waals surface area contributed by atoms with Crippen LogP contribution in [0.1, 0.15) is 37.8 Å². The molecule has 0 amide bonds. The first kappa shape index (κ1) is 16.1. The summed E-state index contributed by atoms with van der Waals surface area (Å²) in [5.74, 6) is 2.62. The van der Waals surface area contributed by atoms with Crippen molar-refractivity contribution in [3.63, 3.8) is 0 Å². The van der Waals surface area contributed by atoms with Gasteiger partial charge in [0.1, 0.15) is 11.5 Å². The Kier molecular flexibility index (Phi) is 5.88. The third kappa shape index (κ3) is 3.89. The fraction of sp³-hybridized carbons (Fsp3) is 0.647. The van der Waals surface area contributed by atoms with E-state index in [9.17, 15) is 0 Å². The Balaban J connectivity index is 2.07. The van der Waals surface area contributed by atoms with Crippen molar-refractivity contribution in [1.29, 1.82) is 0 Å². The van der Waals surface area contributed by atoms with Crippen LogP contribution in [0.5, 0.6) is 11.5 Å². The first-order chi connectivity index (χ1) is 10.2. The van der Waals surface area contributed by atoms with Crippen molar-refractivity contribution in [3.05, 3.63) is 23.8 Å². The van der Waals surface area contributed by atoms with Crippen molar-refractivity contribution in [2.45, 2.75) is 32.2 Å². The van der Waals surface area contributed by atoms with E-state index < -0.39 is 0 Å². The average Bonchev–Trinajstić information content (AvgIpc) is 2.54. The summed E-state index contributed by atoms with van der Waals surface area (Å²) >= 11 is 0. The summed E-state index contributed by atoms with van der Waals surface area (Å²) in [5, 5.41) is 0. The number of nitrogens with two attached hydrogens (primary N) is 1.